The number of ether oxygens (including phenoxy) is 1. The van der Waals surface area contributed by atoms with Gasteiger partial charge in [0.25, 0.3) is 5.91 Å². The highest BCUT2D eigenvalue weighted by Crippen LogP contribution is 2.17. The number of rotatable bonds is 6. The standard InChI is InChI=1S/C25H23N5O3/c26-15-19-4-6-21(7-5-19)32-18-22-8-9-23(33-22)25(31)29-13-11-28(12-14-29)16-20-17-30-10-2-1-3-24(30)27-20/h1-10,17H,11-14,16,18H2. The van der Waals surface area contributed by atoms with E-state index >= 15 is 0 Å². The summed E-state index contributed by atoms with van der Waals surface area (Å²) in [4.78, 5) is 21.7. The highest BCUT2D eigenvalue weighted by Gasteiger charge is 2.24. The zero-order chi connectivity index (χ0) is 22.6. The lowest BCUT2D eigenvalue weighted by Crippen LogP contribution is -2.48. The van der Waals surface area contributed by atoms with E-state index in [0.29, 0.717) is 35.9 Å². The van der Waals surface area contributed by atoms with Gasteiger partial charge in [0.05, 0.1) is 17.3 Å². The van der Waals surface area contributed by atoms with E-state index in [2.05, 4.69) is 22.1 Å². The molecule has 8 nitrogen and oxygen atoms in total. The first kappa shape index (κ1) is 20.8. The molecule has 0 bridgehead atoms. The van der Waals surface area contributed by atoms with E-state index in [1.807, 2.05) is 33.7 Å². The van der Waals surface area contributed by atoms with Crippen LogP contribution in [0.1, 0.15) is 27.6 Å². The topological polar surface area (TPSA) is 87.0 Å². The molecule has 5 rings (SSSR count). The number of nitrogens with zero attached hydrogens (tertiary/aromatic N) is 5. The number of pyridine rings is 1. The molecule has 166 valence electrons. The van der Waals surface area contributed by atoms with Gasteiger partial charge in [-0.3, -0.25) is 9.69 Å². The molecule has 8 heteroatoms. The Morgan fingerprint density at radius 1 is 1.06 bits per heavy atom. The summed E-state index contributed by atoms with van der Waals surface area (Å²) in [5.41, 5.74) is 2.55. The van der Waals surface area contributed by atoms with E-state index in [0.717, 1.165) is 31.0 Å². The molecule has 0 N–H and O–H groups in total. The molecule has 1 amide bonds. The Kier molecular flexibility index (Phi) is 5.79. The van der Waals surface area contributed by atoms with E-state index in [4.69, 9.17) is 14.4 Å². The predicted octanol–water partition coefficient (Wildman–Crippen LogP) is 3.34. The van der Waals surface area contributed by atoms with Crippen molar-refractivity contribution in [3.05, 3.63) is 89.8 Å². The first-order chi connectivity index (χ1) is 16.2. The molecule has 1 aromatic carbocycles. The molecule has 0 atom stereocenters. The lowest BCUT2D eigenvalue weighted by Gasteiger charge is -2.33. The zero-order valence-electron chi connectivity index (χ0n) is 18.1. The summed E-state index contributed by atoms with van der Waals surface area (Å²) in [5.74, 6) is 1.43. The van der Waals surface area contributed by atoms with E-state index < -0.39 is 0 Å². The van der Waals surface area contributed by atoms with Crippen LogP contribution >= 0.6 is 0 Å². The Morgan fingerprint density at radius 2 is 1.88 bits per heavy atom. The third-order valence-corrected chi connectivity index (χ3v) is 5.70. The number of hydrogen-bond donors (Lipinski definition) is 0. The maximum atomic E-state index is 12.9. The lowest BCUT2D eigenvalue weighted by molar-refractivity contribution is 0.0593. The van der Waals surface area contributed by atoms with Crippen LogP contribution in [-0.4, -0.2) is 51.3 Å². The molecule has 3 aromatic heterocycles. The molecule has 0 spiro atoms. The number of imidazole rings is 1. The monoisotopic (exact) mass is 441 g/mol. The quantitative estimate of drug-likeness (QED) is 0.456. The number of amides is 1. The Hall–Kier alpha value is -4.09. The number of carbonyl (C=O) groups excluding carboxylic acids is 1. The van der Waals surface area contributed by atoms with Crippen LogP contribution < -0.4 is 4.74 Å². The van der Waals surface area contributed by atoms with E-state index in [1.165, 1.54) is 0 Å². The number of carbonyl (C=O) groups is 1. The van der Waals surface area contributed by atoms with Crippen LogP contribution in [0.5, 0.6) is 5.75 Å². The molecule has 0 unspecified atom stereocenters. The summed E-state index contributed by atoms with van der Waals surface area (Å²) in [5, 5.41) is 8.86. The number of nitriles is 1. The van der Waals surface area contributed by atoms with E-state index in [-0.39, 0.29) is 12.5 Å². The largest absolute Gasteiger partial charge is 0.486 e. The average Bonchev–Trinajstić information content (AvgIpc) is 3.50. The second-order valence-electron chi connectivity index (χ2n) is 7.96. The molecule has 1 saturated heterocycles. The fourth-order valence-corrected chi connectivity index (χ4v) is 3.91. The summed E-state index contributed by atoms with van der Waals surface area (Å²) in [7, 11) is 0. The van der Waals surface area contributed by atoms with E-state index in [9.17, 15) is 4.79 Å². The normalized spacial score (nSPS) is 14.3. The number of benzene rings is 1. The number of fused-ring (bicyclic) bond motifs is 1. The van der Waals surface area contributed by atoms with Gasteiger partial charge in [-0.25, -0.2) is 4.98 Å². The fraction of sp³-hybridized carbons (Fsp3) is 0.240. The molecule has 0 radical (unpaired) electrons. The van der Waals surface area contributed by atoms with Gasteiger partial charge in [0, 0.05) is 45.1 Å². The van der Waals surface area contributed by atoms with Gasteiger partial charge >= 0.3 is 0 Å². The van der Waals surface area contributed by atoms with Crippen molar-refractivity contribution in [2.75, 3.05) is 26.2 Å². The second kappa shape index (κ2) is 9.18. The highest BCUT2D eigenvalue weighted by atomic mass is 16.5. The van der Waals surface area contributed by atoms with Gasteiger partial charge in [-0.05, 0) is 48.5 Å². The SMILES string of the molecule is N#Cc1ccc(OCc2ccc(C(=O)N3CCN(Cc4cn5ccccc5n4)CC3)o2)cc1. The van der Waals surface area contributed by atoms with Crippen molar-refractivity contribution >= 4 is 11.6 Å². The molecule has 33 heavy (non-hydrogen) atoms. The number of aromatic nitrogens is 2. The van der Waals surface area contributed by atoms with Gasteiger partial charge in [-0.1, -0.05) is 6.07 Å². The predicted molar refractivity (Wildman–Crippen MR) is 121 cm³/mol. The molecular formula is C25H23N5O3. The maximum absolute atomic E-state index is 12.9. The van der Waals surface area contributed by atoms with Crippen LogP contribution in [0.15, 0.2) is 71.4 Å². The molecule has 0 saturated carbocycles. The minimum atomic E-state index is -0.105. The Bertz CT molecular complexity index is 1260. The molecular weight excluding hydrogens is 418 g/mol. The summed E-state index contributed by atoms with van der Waals surface area (Å²) in [6, 6.07) is 18.4. The lowest BCUT2D eigenvalue weighted by atomic mass is 10.2. The van der Waals surface area contributed by atoms with Crippen LogP contribution in [0.25, 0.3) is 5.65 Å². The third kappa shape index (κ3) is 4.73. The van der Waals surface area contributed by atoms with Gasteiger partial charge in [0.15, 0.2) is 5.76 Å². The first-order valence-corrected chi connectivity index (χ1v) is 10.8. The molecule has 4 heterocycles. The Labute approximate surface area is 191 Å². The summed E-state index contributed by atoms with van der Waals surface area (Å²) in [6.07, 6.45) is 4.05. The summed E-state index contributed by atoms with van der Waals surface area (Å²) < 4.78 is 13.4. The van der Waals surface area contributed by atoms with Crippen molar-refractivity contribution in [1.29, 1.82) is 5.26 Å². The molecule has 1 aliphatic rings. The minimum absolute atomic E-state index is 0.105. The second-order valence-corrected chi connectivity index (χ2v) is 7.96. The van der Waals surface area contributed by atoms with Gasteiger partial charge in [-0.2, -0.15) is 5.26 Å². The Balaban J connectivity index is 1.12. The summed E-state index contributed by atoms with van der Waals surface area (Å²) in [6.45, 7) is 3.84. The van der Waals surface area contributed by atoms with Gasteiger partial charge in [-0.15, -0.1) is 0 Å². The zero-order valence-corrected chi connectivity index (χ0v) is 18.1. The molecule has 1 aliphatic heterocycles. The maximum Gasteiger partial charge on any atom is 0.289 e. The van der Waals surface area contributed by atoms with Gasteiger partial charge in [0.1, 0.15) is 23.8 Å². The number of piperazine rings is 1. The van der Waals surface area contributed by atoms with Crippen molar-refractivity contribution < 1.29 is 13.9 Å². The van der Waals surface area contributed by atoms with Crippen LogP contribution in [-0.2, 0) is 13.2 Å². The molecule has 1 fully saturated rings. The minimum Gasteiger partial charge on any atom is -0.486 e. The van der Waals surface area contributed by atoms with Crippen molar-refractivity contribution in [2.24, 2.45) is 0 Å². The highest BCUT2D eigenvalue weighted by molar-refractivity contribution is 5.91. The van der Waals surface area contributed by atoms with Gasteiger partial charge in [0.2, 0.25) is 0 Å². The summed E-state index contributed by atoms with van der Waals surface area (Å²) >= 11 is 0. The number of hydrogen-bond acceptors (Lipinski definition) is 6. The first-order valence-electron chi connectivity index (χ1n) is 10.8. The molecule has 0 aliphatic carbocycles. The van der Waals surface area contributed by atoms with Crippen molar-refractivity contribution in [1.82, 2.24) is 19.2 Å². The van der Waals surface area contributed by atoms with Gasteiger partial charge < -0.3 is 18.5 Å². The van der Waals surface area contributed by atoms with Crippen LogP contribution in [0.4, 0.5) is 0 Å². The van der Waals surface area contributed by atoms with Crippen LogP contribution in [0.2, 0.25) is 0 Å². The third-order valence-electron chi connectivity index (χ3n) is 5.70. The smallest absolute Gasteiger partial charge is 0.289 e. The van der Waals surface area contributed by atoms with Crippen molar-refractivity contribution in [3.63, 3.8) is 0 Å². The van der Waals surface area contributed by atoms with E-state index in [1.54, 1.807) is 36.4 Å². The number of furan rings is 1. The fourth-order valence-electron chi connectivity index (χ4n) is 3.91. The Morgan fingerprint density at radius 3 is 2.64 bits per heavy atom. The van der Waals surface area contributed by atoms with Crippen LogP contribution in [0.3, 0.4) is 0 Å². The average molecular weight is 441 g/mol. The van der Waals surface area contributed by atoms with Crippen molar-refractivity contribution in [2.45, 2.75) is 13.2 Å². The van der Waals surface area contributed by atoms with Crippen LogP contribution in [0, 0.1) is 11.3 Å². The molecule has 4 aromatic rings. The van der Waals surface area contributed by atoms with Crippen molar-refractivity contribution in [3.8, 4) is 11.8 Å².